The van der Waals surface area contributed by atoms with Crippen molar-refractivity contribution in [1.29, 1.82) is 0 Å². The fourth-order valence-corrected chi connectivity index (χ4v) is 6.54. The minimum Gasteiger partial charge on any atom is -0.465 e. The lowest BCUT2D eigenvalue weighted by Gasteiger charge is -2.33. The third kappa shape index (κ3) is 7.66. The molecule has 1 saturated heterocycles. The van der Waals surface area contributed by atoms with Gasteiger partial charge in [0.15, 0.2) is 12.3 Å². The van der Waals surface area contributed by atoms with Gasteiger partial charge in [0.25, 0.3) is 0 Å². The second-order valence-corrected chi connectivity index (χ2v) is 11.6. The molecule has 3 aromatic carbocycles. The quantitative estimate of drug-likeness (QED) is 0.248. The number of amides is 1. The summed E-state index contributed by atoms with van der Waals surface area (Å²) >= 11 is 0. The summed E-state index contributed by atoms with van der Waals surface area (Å²) in [6.45, 7) is 3.79. The molecular weight excluding hydrogens is 556 g/mol. The van der Waals surface area contributed by atoms with Crippen molar-refractivity contribution < 1.29 is 28.6 Å². The highest BCUT2D eigenvalue weighted by Gasteiger charge is 2.49. The van der Waals surface area contributed by atoms with Crippen LogP contribution in [0.15, 0.2) is 91.0 Å². The first-order chi connectivity index (χ1) is 21.4. The number of benzene rings is 3. The normalized spacial score (nSPS) is 20.5. The fraction of sp³-hybridized carbons (Fsp3) is 0.417. The van der Waals surface area contributed by atoms with Gasteiger partial charge in [0.2, 0.25) is 5.91 Å². The number of hydrogen-bond donors (Lipinski definition) is 1. The molecular formula is C36H42N2O6. The Morgan fingerprint density at radius 1 is 0.886 bits per heavy atom. The number of rotatable bonds is 12. The predicted molar refractivity (Wildman–Crippen MR) is 166 cm³/mol. The molecule has 1 amide bonds. The van der Waals surface area contributed by atoms with Crippen molar-refractivity contribution in [2.75, 3.05) is 6.61 Å². The van der Waals surface area contributed by atoms with Crippen LogP contribution in [-0.4, -0.2) is 53.9 Å². The topological polar surface area (TPSA) is 94.2 Å². The number of likely N-dealkylation sites (tertiary alicyclic amines) is 1. The van der Waals surface area contributed by atoms with Crippen LogP contribution >= 0.6 is 0 Å². The first-order valence-electron chi connectivity index (χ1n) is 15.7. The highest BCUT2D eigenvalue weighted by atomic mass is 16.7. The molecule has 0 spiro atoms. The van der Waals surface area contributed by atoms with Crippen molar-refractivity contribution in [3.05, 3.63) is 108 Å². The van der Waals surface area contributed by atoms with E-state index in [4.69, 9.17) is 14.2 Å². The lowest BCUT2D eigenvalue weighted by atomic mass is 10.0. The number of esters is 1. The maximum absolute atomic E-state index is 14.0. The van der Waals surface area contributed by atoms with E-state index in [1.807, 2.05) is 91.0 Å². The third-order valence-corrected chi connectivity index (χ3v) is 8.65. The molecule has 44 heavy (non-hydrogen) atoms. The van der Waals surface area contributed by atoms with Crippen molar-refractivity contribution in [2.45, 2.75) is 82.8 Å². The zero-order chi connectivity index (χ0) is 30.9. The second-order valence-electron chi connectivity index (χ2n) is 11.6. The number of nitrogens with zero attached hydrogens (tertiary/aromatic N) is 1. The summed E-state index contributed by atoms with van der Waals surface area (Å²) in [4.78, 5) is 41.9. The third-order valence-electron chi connectivity index (χ3n) is 8.65. The fourth-order valence-electron chi connectivity index (χ4n) is 6.54. The van der Waals surface area contributed by atoms with Crippen molar-refractivity contribution in [2.24, 2.45) is 5.92 Å². The molecule has 232 valence electrons. The Bertz CT molecular complexity index is 1330. The average molecular weight is 599 g/mol. The number of hydrogen-bond acceptors (Lipinski definition) is 7. The molecule has 0 unspecified atom stereocenters. The van der Waals surface area contributed by atoms with Crippen LogP contribution in [0.3, 0.4) is 0 Å². The highest BCUT2D eigenvalue weighted by Crippen LogP contribution is 2.42. The van der Waals surface area contributed by atoms with E-state index < -0.39 is 30.6 Å². The summed E-state index contributed by atoms with van der Waals surface area (Å²) < 4.78 is 17.2. The van der Waals surface area contributed by atoms with E-state index in [2.05, 4.69) is 5.32 Å². The van der Waals surface area contributed by atoms with Crippen LogP contribution in [0.4, 0.5) is 4.79 Å². The number of carbonyl (C=O) groups excluding carboxylic acids is 3. The summed E-state index contributed by atoms with van der Waals surface area (Å²) in [5, 5.41) is 3.24. The smallest absolute Gasteiger partial charge is 0.465 e. The number of nitrogens with one attached hydrogen (secondary N) is 1. The minimum atomic E-state index is -0.821. The van der Waals surface area contributed by atoms with Gasteiger partial charge in [-0.2, -0.15) is 0 Å². The molecule has 5 rings (SSSR count). The monoisotopic (exact) mass is 598 g/mol. The summed E-state index contributed by atoms with van der Waals surface area (Å²) in [6.07, 6.45) is 2.34. The maximum Gasteiger partial charge on any atom is 0.511 e. The van der Waals surface area contributed by atoms with Crippen LogP contribution in [-0.2, 0) is 30.2 Å². The van der Waals surface area contributed by atoms with E-state index in [1.165, 1.54) is 0 Å². The van der Waals surface area contributed by atoms with Crippen molar-refractivity contribution in [3.8, 4) is 0 Å². The Kier molecular flexibility index (Phi) is 10.7. The molecule has 8 nitrogen and oxygen atoms in total. The van der Waals surface area contributed by atoms with E-state index in [-0.39, 0.29) is 30.4 Å². The van der Waals surface area contributed by atoms with Crippen molar-refractivity contribution in [3.63, 3.8) is 0 Å². The Hall–Kier alpha value is -4.17. The van der Waals surface area contributed by atoms with E-state index in [0.29, 0.717) is 19.3 Å². The van der Waals surface area contributed by atoms with Crippen LogP contribution in [0.25, 0.3) is 0 Å². The molecule has 2 aliphatic rings. The molecule has 0 aromatic heterocycles. The molecule has 0 radical (unpaired) electrons. The van der Waals surface area contributed by atoms with E-state index in [0.717, 1.165) is 36.0 Å². The van der Waals surface area contributed by atoms with Gasteiger partial charge in [0, 0.05) is 12.5 Å². The zero-order valence-corrected chi connectivity index (χ0v) is 25.5. The van der Waals surface area contributed by atoms with Gasteiger partial charge in [-0.15, -0.1) is 0 Å². The molecule has 1 saturated carbocycles. The van der Waals surface area contributed by atoms with Gasteiger partial charge in [0.1, 0.15) is 6.04 Å². The predicted octanol–water partition coefficient (Wildman–Crippen LogP) is 6.20. The van der Waals surface area contributed by atoms with E-state index in [1.54, 1.807) is 18.7 Å². The van der Waals surface area contributed by atoms with Gasteiger partial charge < -0.3 is 19.1 Å². The summed E-state index contributed by atoms with van der Waals surface area (Å²) in [6, 6.07) is 27.6. The van der Waals surface area contributed by atoms with Crippen LogP contribution in [0, 0.1) is 5.92 Å². The molecule has 2 fully saturated rings. The number of fused-ring (bicyclic) bond motifs is 1. The largest absolute Gasteiger partial charge is 0.511 e. The second kappa shape index (κ2) is 15.0. The van der Waals surface area contributed by atoms with Gasteiger partial charge >= 0.3 is 12.1 Å². The molecule has 5 atom stereocenters. The maximum atomic E-state index is 14.0. The van der Waals surface area contributed by atoms with Crippen LogP contribution in [0.5, 0.6) is 0 Å². The van der Waals surface area contributed by atoms with Gasteiger partial charge in [0.05, 0.1) is 12.6 Å². The molecule has 1 aliphatic carbocycles. The van der Waals surface area contributed by atoms with E-state index in [9.17, 15) is 14.4 Å². The Labute approximate surface area is 259 Å². The van der Waals surface area contributed by atoms with Gasteiger partial charge in [-0.25, -0.2) is 4.79 Å². The van der Waals surface area contributed by atoms with Gasteiger partial charge in [-0.3, -0.25) is 14.9 Å². The van der Waals surface area contributed by atoms with E-state index >= 15 is 0 Å². The first-order valence-corrected chi connectivity index (χ1v) is 15.7. The Morgan fingerprint density at radius 2 is 1.50 bits per heavy atom. The molecule has 1 heterocycles. The average Bonchev–Trinajstić information content (AvgIpc) is 3.64. The molecule has 3 aromatic rings. The first kappa shape index (κ1) is 31.3. The number of aryl methyl sites for hydroxylation is 1. The molecule has 0 bridgehead atoms. The molecule has 1 aliphatic heterocycles. The van der Waals surface area contributed by atoms with Crippen molar-refractivity contribution >= 4 is 18.0 Å². The van der Waals surface area contributed by atoms with Crippen LogP contribution < -0.4 is 5.32 Å². The van der Waals surface area contributed by atoms with Gasteiger partial charge in [-0.05, 0) is 62.1 Å². The molecule has 8 heteroatoms. The number of carbonyl (C=O) groups is 3. The Morgan fingerprint density at radius 3 is 2.11 bits per heavy atom. The number of ether oxygens (including phenoxy) is 3. The summed E-state index contributed by atoms with van der Waals surface area (Å²) in [5.41, 5.74) is 2.75. The SMILES string of the molecule is CCOC(=O)[C@H](CCc1ccccc1)N[C@@H](C)C(=O)N1[C@@H](OC(=O)OC(c2ccccc2)c2ccccc2)C[C@@H]2CCC[C@@H]21. The van der Waals surface area contributed by atoms with Crippen LogP contribution in [0.2, 0.25) is 0 Å². The lowest BCUT2D eigenvalue weighted by Crippen LogP contribution is -2.54. The minimum absolute atomic E-state index is 0.0195. The lowest BCUT2D eigenvalue weighted by molar-refractivity contribution is -0.148. The molecule has 1 N–H and O–H groups in total. The summed E-state index contributed by atoms with van der Waals surface area (Å²) in [5.74, 6) is -0.330. The summed E-state index contributed by atoms with van der Waals surface area (Å²) in [7, 11) is 0. The van der Waals surface area contributed by atoms with Gasteiger partial charge in [-0.1, -0.05) is 97.4 Å². The standard InChI is InChI=1S/C36H42N2O6/c1-3-42-35(40)30(23-22-26-14-7-4-8-15-26)37-25(2)34(39)38-31-21-13-20-29(31)24-32(38)43-36(41)44-33(27-16-9-5-10-17-27)28-18-11-6-12-19-28/h4-12,14-19,25,29-33,37H,3,13,20-24H2,1-2H3/t25-,29-,30-,31-,32-/m0/s1. The van der Waals surface area contributed by atoms with Crippen LogP contribution in [0.1, 0.15) is 68.7 Å². The Balaban J connectivity index is 1.28. The highest BCUT2D eigenvalue weighted by molar-refractivity contribution is 5.84. The zero-order valence-electron chi connectivity index (χ0n) is 25.5. The van der Waals surface area contributed by atoms with Crippen molar-refractivity contribution in [1.82, 2.24) is 10.2 Å².